The molecule has 4 nitrogen and oxygen atoms in total. The maximum absolute atomic E-state index is 10.9. The molecule has 1 aromatic rings. The third-order valence-electron chi connectivity index (χ3n) is 1.70. The average Bonchev–Trinajstić information content (AvgIpc) is 2.18. The number of carbonyl (C=O) groups excluding carboxylic acids is 1. The second-order valence-corrected chi connectivity index (χ2v) is 2.78. The highest BCUT2D eigenvalue weighted by Gasteiger charge is 2.09. The molecule has 0 aromatic heterocycles. The highest BCUT2D eigenvalue weighted by Crippen LogP contribution is 2.04. The topological polar surface area (TPSA) is 55.6 Å². The molecule has 0 aliphatic heterocycles. The number of hydrogen-bond donors (Lipinski definition) is 1. The lowest BCUT2D eigenvalue weighted by atomic mass is 10.2. The number of carbonyl (C=O) groups is 1. The summed E-state index contributed by atoms with van der Waals surface area (Å²) in [5, 5.41) is 1.15. The van der Waals surface area contributed by atoms with Crippen molar-refractivity contribution in [1.29, 1.82) is 0 Å². The van der Waals surface area contributed by atoms with Crippen molar-refractivity contribution in [3.8, 4) is 0 Å². The van der Waals surface area contributed by atoms with E-state index >= 15 is 0 Å². The van der Waals surface area contributed by atoms with E-state index in [0.717, 1.165) is 10.6 Å². The molecule has 0 saturated heterocycles. The van der Waals surface area contributed by atoms with E-state index in [-0.39, 0.29) is 0 Å². The van der Waals surface area contributed by atoms with Gasteiger partial charge in [-0.25, -0.2) is 4.79 Å². The Balaban J connectivity index is 2.60. The van der Waals surface area contributed by atoms with Gasteiger partial charge in [-0.05, 0) is 12.5 Å². The van der Waals surface area contributed by atoms with Gasteiger partial charge < -0.3 is 5.73 Å². The molecule has 0 atom stereocenters. The Morgan fingerprint density at radius 3 is 2.57 bits per heavy atom. The number of nitrogens with two attached hydrogens (primary N) is 1. The second kappa shape index (κ2) is 5.24. The van der Waals surface area contributed by atoms with Gasteiger partial charge in [0, 0.05) is 0 Å². The molecule has 14 heavy (non-hydrogen) atoms. The maximum atomic E-state index is 10.9. The van der Waals surface area contributed by atoms with Crippen molar-refractivity contribution < 1.29 is 9.63 Å². The van der Waals surface area contributed by atoms with E-state index in [1.807, 2.05) is 30.3 Å². The third-order valence-corrected chi connectivity index (χ3v) is 1.70. The van der Waals surface area contributed by atoms with Gasteiger partial charge in [0.05, 0.1) is 13.2 Å². The number of nitrogens with zero attached hydrogens (tertiary/aromatic N) is 1. The van der Waals surface area contributed by atoms with E-state index < -0.39 is 6.03 Å². The van der Waals surface area contributed by atoms with Gasteiger partial charge in [-0.3, -0.25) is 4.84 Å². The number of hydrogen-bond acceptors (Lipinski definition) is 2. The van der Waals surface area contributed by atoms with Crippen LogP contribution in [0.4, 0.5) is 4.79 Å². The van der Waals surface area contributed by atoms with Crippen molar-refractivity contribution in [3.63, 3.8) is 0 Å². The minimum Gasteiger partial charge on any atom is -0.350 e. The predicted octanol–water partition coefficient (Wildman–Crippen LogP) is 1.52. The molecule has 0 unspecified atom stereocenters. The van der Waals surface area contributed by atoms with Crippen LogP contribution in [0.15, 0.2) is 30.3 Å². The van der Waals surface area contributed by atoms with E-state index in [1.54, 1.807) is 6.92 Å². The van der Waals surface area contributed by atoms with E-state index in [2.05, 4.69) is 0 Å². The number of urea groups is 1. The van der Waals surface area contributed by atoms with Crippen LogP contribution in [0.1, 0.15) is 12.5 Å². The summed E-state index contributed by atoms with van der Waals surface area (Å²) in [5.41, 5.74) is 6.12. The fourth-order valence-corrected chi connectivity index (χ4v) is 1.09. The van der Waals surface area contributed by atoms with Gasteiger partial charge in [-0.1, -0.05) is 30.3 Å². The van der Waals surface area contributed by atoms with Gasteiger partial charge in [-0.15, -0.1) is 0 Å². The predicted molar refractivity (Wildman–Crippen MR) is 53.2 cm³/mol. The molecule has 0 aliphatic carbocycles. The summed E-state index contributed by atoms with van der Waals surface area (Å²) >= 11 is 0. The van der Waals surface area contributed by atoms with Crippen LogP contribution < -0.4 is 5.73 Å². The highest BCUT2D eigenvalue weighted by atomic mass is 16.7. The van der Waals surface area contributed by atoms with Crippen molar-refractivity contribution in [1.82, 2.24) is 5.06 Å². The van der Waals surface area contributed by atoms with Crippen LogP contribution in [0.2, 0.25) is 0 Å². The van der Waals surface area contributed by atoms with Gasteiger partial charge in [0.1, 0.15) is 0 Å². The molecule has 0 fully saturated rings. The summed E-state index contributed by atoms with van der Waals surface area (Å²) in [4.78, 5) is 16.0. The van der Waals surface area contributed by atoms with Crippen molar-refractivity contribution in [2.45, 2.75) is 13.5 Å². The molecule has 0 aliphatic rings. The van der Waals surface area contributed by atoms with Crippen LogP contribution in [-0.4, -0.2) is 17.7 Å². The molecule has 1 rings (SSSR count). The molecule has 0 saturated carbocycles. The molecule has 0 spiro atoms. The summed E-state index contributed by atoms with van der Waals surface area (Å²) in [5.74, 6) is 0. The Morgan fingerprint density at radius 1 is 1.43 bits per heavy atom. The Labute approximate surface area is 83.2 Å². The zero-order valence-electron chi connectivity index (χ0n) is 8.14. The monoisotopic (exact) mass is 194 g/mol. The normalized spacial score (nSPS) is 9.79. The minimum atomic E-state index is -0.573. The summed E-state index contributed by atoms with van der Waals surface area (Å²) < 4.78 is 0. The molecule has 1 aromatic carbocycles. The van der Waals surface area contributed by atoms with Crippen molar-refractivity contribution in [2.24, 2.45) is 5.73 Å². The lowest BCUT2D eigenvalue weighted by molar-refractivity contribution is -0.116. The lowest BCUT2D eigenvalue weighted by Gasteiger charge is -2.18. The molecule has 2 amide bonds. The number of hydroxylamine groups is 2. The molecular weight excluding hydrogens is 180 g/mol. The van der Waals surface area contributed by atoms with Crippen LogP contribution in [-0.2, 0) is 11.4 Å². The molecule has 0 radical (unpaired) electrons. The maximum Gasteiger partial charge on any atom is 0.339 e. The first-order chi connectivity index (χ1) is 6.74. The van der Waals surface area contributed by atoms with Crippen molar-refractivity contribution >= 4 is 6.03 Å². The largest absolute Gasteiger partial charge is 0.350 e. The third kappa shape index (κ3) is 3.06. The second-order valence-electron chi connectivity index (χ2n) is 2.78. The smallest absolute Gasteiger partial charge is 0.339 e. The summed E-state index contributed by atoms with van der Waals surface area (Å²) in [6.45, 7) is 2.61. The van der Waals surface area contributed by atoms with E-state index in [9.17, 15) is 4.79 Å². The van der Waals surface area contributed by atoms with Crippen LogP contribution in [0.5, 0.6) is 0 Å². The molecule has 0 bridgehead atoms. The van der Waals surface area contributed by atoms with Crippen LogP contribution >= 0.6 is 0 Å². The summed E-state index contributed by atoms with van der Waals surface area (Å²) in [7, 11) is 0. The van der Waals surface area contributed by atoms with Crippen LogP contribution in [0.3, 0.4) is 0 Å². The zero-order chi connectivity index (χ0) is 10.4. The Kier molecular flexibility index (Phi) is 3.94. The van der Waals surface area contributed by atoms with Crippen molar-refractivity contribution in [3.05, 3.63) is 35.9 Å². The fraction of sp³-hybridized carbons (Fsp3) is 0.300. The first-order valence-corrected chi connectivity index (χ1v) is 4.48. The minimum absolute atomic E-state index is 0.379. The van der Waals surface area contributed by atoms with Gasteiger partial charge in [-0.2, -0.15) is 5.06 Å². The number of amides is 2. The zero-order valence-corrected chi connectivity index (χ0v) is 8.14. The SMILES string of the molecule is CCON(Cc1ccccc1)C(N)=O. The van der Waals surface area contributed by atoms with E-state index in [1.165, 1.54) is 0 Å². The Morgan fingerprint density at radius 2 is 2.07 bits per heavy atom. The standard InChI is InChI=1S/C10H14N2O2/c1-2-14-12(10(11)13)8-9-6-4-3-5-7-9/h3-7H,2,8H2,1H3,(H2,11,13). The molecule has 2 N–H and O–H groups in total. The number of rotatable bonds is 4. The molecule has 76 valence electrons. The van der Waals surface area contributed by atoms with Gasteiger partial charge in [0.15, 0.2) is 0 Å². The van der Waals surface area contributed by atoms with Gasteiger partial charge >= 0.3 is 6.03 Å². The van der Waals surface area contributed by atoms with Crippen LogP contribution in [0, 0.1) is 0 Å². The summed E-state index contributed by atoms with van der Waals surface area (Å²) in [6.07, 6.45) is 0. The van der Waals surface area contributed by atoms with E-state index in [0.29, 0.717) is 13.2 Å². The number of benzene rings is 1. The van der Waals surface area contributed by atoms with Gasteiger partial charge in [0.25, 0.3) is 0 Å². The molecular formula is C10H14N2O2. The highest BCUT2D eigenvalue weighted by molar-refractivity contribution is 5.70. The van der Waals surface area contributed by atoms with Crippen LogP contribution in [0.25, 0.3) is 0 Å². The van der Waals surface area contributed by atoms with Crippen molar-refractivity contribution in [2.75, 3.05) is 6.61 Å². The lowest BCUT2D eigenvalue weighted by Crippen LogP contribution is -2.35. The molecule has 4 heteroatoms. The average molecular weight is 194 g/mol. The summed E-state index contributed by atoms with van der Waals surface area (Å²) in [6, 6.07) is 8.97. The Hall–Kier alpha value is -1.55. The fourth-order valence-electron chi connectivity index (χ4n) is 1.09. The molecule has 0 heterocycles. The van der Waals surface area contributed by atoms with Gasteiger partial charge in [0.2, 0.25) is 0 Å². The Bertz CT molecular complexity index is 287. The quantitative estimate of drug-likeness (QED) is 0.739. The van der Waals surface area contributed by atoms with E-state index in [4.69, 9.17) is 10.6 Å². The first kappa shape index (κ1) is 10.5. The first-order valence-electron chi connectivity index (χ1n) is 4.48. The number of primary amides is 1.